The molecule has 0 rings (SSSR count). The molecule has 0 aliphatic heterocycles. The zero-order valence-corrected chi connectivity index (χ0v) is 13.1. The minimum Gasteiger partial charge on any atom is -0.0654 e. The SMILES string of the molecule is CCCCCC(CC)C(CC)C(C)CCCC. The predicted molar refractivity (Wildman–Crippen MR) is 80.4 cm³/mol. The van der Waals surface area contributed by atoms with Crippen LogP contribution in [0.5, 0.6) is 0 Å². The normalized spacial score (nSPS) is 16.8. The highest BCUT2D eigenvalue weighted by Gasteiger charge is 2.23. The summed E-state index contributed by atoms with van der Waals surface area (Å²) in [7, 11) is 0. The minimum atomic E-state index is 0.937. The Balaban J connectivity index is 4.15. The Hall–Kier alpha value is 0. The first-order valence-corrected chi connectivity index (χ1v) is 8.21. The van der Waals surface area contributed by atoms with Crippen LogP contribution in [0.15, 0.2) is 0 Å². The first kappa shape index (κ1) is 17.0. The third kappa shape index (κ3) is 7.11. The zero-order valence-electron chi connectivity index (χ0n) is 13.1. The molecule has 0 heteroatoms. The van der Waals surface area contributed by atoms with Gasteiger partial charge in [-0.25, -0.2) is 0 Å². The van der Waals surface area contributed by atoms with Gasteiger partial charge in [-0.2, -0.15) is 0 Å². The third-order valence-electron chi connectivity index (χ3n) is 4.52. The van der Waals surface area contributed by atoms with Gasteiger partial charge >= 0.3 is 0 Å². The van der Waals surface area contributed by atoms with E-state index in [0.717, 1.165) is 17.8 Å². The highest BCUT2D eigenvalue weighted by Crippen LogP contribution is 2.33. The molecule has 0 heterocycles. The second-order valence-corrected chi connectivity index (χ2v) is 5.86. The molecule has 0 aromatic carbocycles. The predicted octanol–water partition coefficient (Wildman–Crippen LogP) is 6.45. The van der Waals surface area contributed by atoms with E-state index in [1.165, 1.54) is 57.8 Å². The molecular formula is C17H36. The molecule has 0 N–H and O–H groups in total. The molecule has 0 aromatic rings. The van der Waals surface area contributed by atoms with Gasteiger partial charge in [0.2, 0.25) is 0 Å². The first-order valence-electron chi connectivity index (χ1n) is 8.21. The van der Waals surface area contributed by atoms with Gasteiger partial charge in [-0.1, -0.05) is 92.4 Å². The standard InChI is InChI=1S/C17H36/c1-6-10-12-14-16(8-3)17(9-4)15(5)13-11-7-2/h15-17H,6-14H2,1-5H3. The van der Waals surface area contributed by atoms with E-state index < -0.39 is 0 Å². The zero-order chi connectivity index (χ0) is 13.1. The smallest absolute Gasteiger partial charge is 0.0363 e. The van der Waals surface area contributed by atoms with Crippen molar-refractivity contribution in [2.24, 2.45) is 17.8 Å². The summed E-state index contributed by atoms with van der Waals surface area (Å²) in [6.45, 7) is 11.9. The molecule has 0 saturated heterocycles. The Kier molecular flexibility index (Phi) is 11.1. The molecule has 3 atom stereocenters. The van der Waals surface area contributed by atoms with Gasteiger partial charge in [-0.05, 0) is 17.8 Å². The summed E-state index contributed by atoms with van der Waals surface area (Å²) in [5.41, 5.74) is 0. The van der Waals surface area contributed by atoms with Gasteiger partial charge in [0.1, 0.15) is 0 Å². The molecule has 0 radical (unpaired) electrons. The molecule has 3 unspecified atom stereocenters. The van der Waals surface area contributed by atoms with Crippen molar-refractivity contribution in [3.05, 3.63) is 0 Å². The third-order valence-corrected chi connectivity index (χ3v) is 4.52. The average molecular weight is 240 g/mol. The van der Waals surface area contributed by atoms with E-state index in [-0.39, 0.29) is 0 Å². The van der Waals surface area contributed by atoms with Gasteiger partial charge in [-0.3, -0.25) is 0 Å². The maximum absolute atomic E-state index is 2.49. The Bertz CT molecular complexity index is 150. The van der Waals surface area contributed by atoms with Crippen molar-refractivity contribution in [3.63, 3.8) is 0 Å². The summed E-state index contributed by atoms with van der Waals surface area (Å²) >= 11 is 0. The van der Waals surface area contributed by atoms with E-state index in [4.69, 9.17) is 0 Å². The van der Waals surface area contributed by atoms with Crippen molar-refractivity contribution in [2.75, 3.05) is 0 Å². The molecule has 0 aliphatic rings. The maximum atomic E-state index is 2.49. The van der Waals surface area contributed by atoms with Crippen LogP contribution in [0, 0.1) is 17.8 Å². The van der Waals surface area contributed by atoms with Crippen molar-refractivity contribution in [2.45, 2.75) is 92.4 Å². The lowest BCUT2D eigenvalue weighted by Gasteiger charge is -2.31. The van der Waals surface area contributed by atoms with Gasteiger partial charge < -0.3 is 0 Å². The summed E-state index contributed by atoms with van der Waals surface area (Å²) in [6.07, 6.45) is 12.7. The molecule has 104 valence electrons. The Morgan fingerprint density at radius 2 is 1.35 bits per heavy atom. The van der Waals surface area contributed by atoms with Crippen molar-refractivity contribution in [1.29, 1.82) is 0 Å². The lowest BCUT2D eigenvalue weighted by atomic mass is 9.75. The lowest BCUT2D eigenvalue weighted by molar-refractivity contribution is 0.198. The number of unbranched alkanes of at least 4 members (excludes halogenated alkanes) is 3. The van der Waals surface area contributed by atoms with Crippen LogP contribution in [0.2, 0.25) is 0 Å². The molecule has 0 spiro atoms. The van der Waals surface area contributed by atoms with Gasteiger partial charge in [0.15, 0.2) is 0 Å². The van der Waals surface area contributed by atoms with E-state index in [9.17, 15) is 0 Å². The summed E-state index contributed by atoms with van der Waals surface area (Å²) < 4.78 is 0. The summed E-state index contributed by atoms with van der Waals surface area (Å²) in [5.74, 6) is 2.90. The molecule has 0 nitrogen and oxygen atoms in total. The van der Waals surface area contributed by atoms with Crippen LogP contribution in [0.25, 0.3) is 0 Å². The molecule has 0 bridgehead atoms. The molecule has 0 amide bonds. The highest BCUT2D eigenvalue weighted by molar-refractivity contribution is 4.73. The fourth-order valence-electron chi connectivity index (χ4n) is 3.32. The molecule has 17 heavy (non-hydrogen) atoms. The number of rotatable bonds is 11. The van der Waals surface area contributed by atoms with Gasteiger partial charge in [0.05, 0.1) is 0 Å². The van der Waals surface area contributed by atoms with E-state index >= 15 is 0 Å². The Labute approximate surface area is 111 Å². The van der Waals surface area contributed by atoms with Crippen molar-refractivity contribution in [1.82, 2.24) is 0 Å². The molecule has 0 aromatic heterocycles. The lowest BCUT2D eigenvalue weighted by Crippen LogP contribution is -2.21. The molecule has 0 aliphatic carbocycles. The van der Waals surface area contributed by atoms with Gasteiger partial charge in [0, 0.05) is 0 Å². The van der Waals surface area contributed by atoms with E-state index in [1.807, 2.05) is 0 Å². The highest BCUT2D eigenvalue weighted by atomic mass is 14.3. The van der Waals surface area contributed by atoms with Crippen LogP contribution < -0.4 is 0 Å². The van der Waals surface area contributed by atoms with Gasteiger partial charge in [0.25, 0.3) is 0 Å². The van der Waals surface area contributed by atoms with Crippen LogP contribution in [0.3, 0.4) is 0 Å². The Morgan fingerprint density at radius 1 is 0.706 bits per heavy atom. The molecular weight excluding hydrogens is 204 g/mol. The average Bonchev–Trinajstić information content (AvgIpc) is 2.35. The fourth-order valence-corrected chi connectivity index (χ4v) is 3.32. The van der Waals surface area contributed by atoms with Crippen molar-refractivity contribution >= 4 is 0 Å². The summed E-state index contributed by atoms with van der Waals surface area (Å²) in [5, 5.41) is 0. The largest absolute Gasteiger partial charge is 0.0654 e. The van der Waals surface area contributed by atoms with Crippen LogP contribution >= 0.6 is 0 Å². The van der Waals surface area contributed by atoms with E-state index in [1.54, 1.807) is 0 Å². The van der Waals surface area contributed by atoms with Crippen LogP contribution in [-0.2, 0) is 0 Å². The summed E-state index contributed by atoms with van der Waals surface area (Å²) in [6, 6.07) is 0. The fraction of sp³-hybridized carbons (Fsp3) is 1.00. The minimum absolute atomic E-state index is 0.937. The summed E-state index contributed by atoms with van der Waals surface area (Å²) in [4.78, 5) is 0. The molecule has 0 saturated carbocycles. The van der Waals surface area contributed by atoms with Crippen LogP contribution in [-0.4, -0.2) is 0 Å². The molecule has 0 fully saturated rings. The van der Waals surface area contributed by atoms with Crippen molar-refractivity contribution < 1.29 is 0 Å². The van der Waals surface area contributed by atoms with E-state index in [2.05, 4.69) is 34.6 Å². The first-order chi connectivity index (χ1) is 8.21. The van der Waals surface area contributed by atoms with Crippen LogP contribution in [0.4, 0.5) is 0 Å². The Morgan fingerprint density at radius 3 is 1.82 bits per heavy atom. The van der Waals surface area contributed by atoms with Gasteiger partial charge in [-0.15, -0.1) is 0 Å². The maximum Gasteiger partial charge on any atom is -0.0363 e. The topological polar surface area (TPSA) is 0 Å². The quantitative estimate of drug-likeness (QED) is 0.364. The second-order valence-electron chi connectivity index (χ2n) is 5.86. The monoisotopic (exact) mass is 240 g/mol. The number of hydrogen-bond donors (Lipinski definition) is 0. The van der Waals surface area contributed by atoms with Crippen molar-refractivity contribution in [3.8, 4) is 0 Å². The number of hydrogen-bond acceptors (Lipinski definition) is 0. The van der Waals surface area contributed by atoms with E-state index in [0.29, 0.717) is 0 Å². The van der Waals surface area contributed by atoms with Crippen LogP contribution in [0.1, 0.15) is 92.4 Å². The second kappa shape index (κ2) is 11.1.